The molecule has 0 aliphatic heterocycles. The molecule has 2 rings (SSSR count). The maximum atomic E-state index is 12.1. The van der Waals surface area contributed by atoms with Crippen molar-refractivity contribution in [2.24, 2.45) is 0 Å². The normalized spacial score (nSPS) is 10.4. The fourth-order valence-electron chi connectivity index (χ4n) is 2.38. The molecule has 0 heterocycles. The van der Waals surface area contributed by atoms with E-state index in [0.717, 1.165) is 11.3 Å². The highest BCUT2D eigenvalue weighted by molar-refractivity contribution is 5.93. The van der Waals surface area contributed by atoms with Crippen LogP contribution in [0.2, 0.25) is 0 Å². The highest BCUT2D eigenvalue weighted by Gasteiger charge is 2.08. The van der Waals surface area contributed by atoms with Crippen LogP contribution in [0.15, 0.2) is 48.5 Å². The summed E-state index contributed by atoms with van der Waals surface area (Å²) >= 11 is 0. The topological polar surface area (TPSA) is 70.7 Å². The first-order chi connectivity index (χ1) is 12.0. The summed E-state index contributed by atoms with van der Waals surface area (Å²) in [5, 5.41) is 5.53. The Kier molecular flexibility index (Phi) is 6.54. The van der Waals surface area contributed by atoms with Crippen molar-refractivity contribution in [1.29, 1.82) is 0 Å². The average molecular weight is 341 g/mol. The Balaban J connectivity index is 1.83. The molecule has 0 aliphatic carbocycles. The van der Waals surface area contributed by atoms with Gasteiger partial charge in [0.15, 0.2) is 0 Å². The van der Waals surface area contributed by atoms with Crippen LogP contribution in [-0.2, 0) is 16.1 Å². The molecule has 0 bridgehead atoms. The molecule has 0 atom stereocenters. The van der Waals surface area contributed by atoms with E-state index < -0.39 is 0 Å². The lowest BCUT2D eigenvalue weighted by Crippen LogP contribution is -2.29. The van der Waals surface area contributed by atoms with E-state index in [0.29, 0.717) is 17.9 Å². The monoisotopic (exact) mass is 341 g/mol. The molecule has 0 saturated carbocycles. The first-order valence-corrected chi connectivity index (χ1v) is 7.95. The second-order valence-electron chi connectivity index (χ2n) is 5.83. The third-order valence-corrected chi connectivity index (χ3v) is 3.51. The lowest BCUT2D eigenvalue weighted by atomic mass is 10.2. The van der Waals surface area contributed by atoms with Crippen LogP contribution < -0.4 is 15.4 Å². The van der Waals surface area contributed by atoms with Crippen LogP contribution in [0.4, 0.5) is 11.4 Å². The lowest BCUT2D eigenvalue weighted by molar-refractivity contribution is -0.117. The Morgan fingerprint density at radius 1 is 0.960 bits per heavy atom. The van der Waals surface area contributed by atoms with Crippen LogP contribution in [-0.4, -0.2) is 37.4 Å². The summed E-state index contributed by atoms with van der Waals surface area (Å²) in [7, 11) is 3.53. The summed E-state index contributed by atoms with van der Waals surface area (Å²) < 4.78 is 5.13. The molecule has 2 N–H and O–H groups in total. The summed E-state index contributed by atoms with van der Waals surface area (Å²) in [4.78, 5) is 25.1. The Morgan fingerprint density at radius 3 is 2.04 bits per heavy atom. The minimum atomic E-state index is -0.128. The van der Waals surface area contributed by atoms with Crippen LogP contribution in [0.1, 0.15) is 12.5 Å². The van der Waals surface area contributed by atoms with Crippen molar-refractivity contribution in [1.82, 2.24) is 4.90 Å². The largest absolute Gasteiger partial charge is 0.497 e. The second kappa shape index (κ2) is 8.84. The average Bonchev–Trinajstić information content (AvgIpc) is 2.56. The minimum Gasteiger partial charge on any atom is -0.497 e. The van der Waals surface area contributed by atoms with Gasteiger partial charge in [-0.25, -0.2) is 0 Å². The maximum absolute atomic E-state index is 12.1. The van der Waals surface area contributed by atoms with Gasteiger partial charge >= 0.3 is 0 Å². The van der Waals surface area contributed by atoms with Gasteiger partial charge in [0, 0.05) is 24.8 Å². The molecule has 0 aromatic heterocycles. The highest BCUT2D eigenvalue weighted by Crippen LogP contribution is 2.14. The zero-order chi connectivity index (χ0) is 18.2. The zero-order valence-corrected chi connectivity index (χ0v) is 14.7. The minimum absolute atomic E-state index is 0.0942. The standard InChI is InChI=1S/C19H23N3O3/c1-14(23)20-16-6-8-17(9-7-16)21-19(24)13-22(2)12-15-4-10-18(25-3)11-5-15/h4-11H,12-13H2,1-3H3,(H,20,23)(H,21,24). The Morgan fingerprint density at radius 2 is 1.52 bits per heavy atom. The molecule has 132 valence electrons. The number of anilines is 2. The van der Waals surface area contributed by atoms with Crippen LogP contribution in [0.25, 0.3) is 0 Å². The maximum Gasteiger partial charge on any atom is 0.238 e. The number of hydrogen-bond acceptors (Lipinski definition) is 4. The molecule has 2 aromatic rings. The van der Waals surface area contributed by atoms with E-state index in [9.17, 15) is 9.59 Å². The molecular formula is C19H23N3O3. The molecule has 0 aliphatic rings. The van der Waals surface area contributed by atoms with E-state index in [-0.39, 0.29) is 18.4 Å². The van der Waals surface area contributed by atoms with Crippen molar-refractivity contribution in [3.63, 3.8) is 0 Å². The SMILES string of the molecule is COc1ccc(CN(C)CC(=O)Nc2ccc(NC(C)=O)cc2)cc1. The van der Waals surface area contributed by atoms with Gasteiger partial charge in [-0.1, -0.05) is 12.1 Å². The van der Waals surface area contributed by atoms with Crippen molar-refractivity contribution in [3.05, 3.63) is 54.1 Å². The highest BCUT2D eigenvalue weighted by atomic mass is 16.5. The summed E-state index contributed by atoms with van der Waals surface area (Å²) in [5.41, 5.74) is 2.50. The van der Waals surface area contributed by atoms with Gasteiger partial charge in [0.25, 0.3) is 0 Å². The molecule has 2 aromatic carbocycles. The Hall–Kier alpha value is -2.86. The number of nitrogens with one attached hydrogen (secondary N) is 2. The smallest absolute Gasteiger partial charge is 0.238 e. The van der Waals surface area contributed by atoms with Crippen molar-refractivity contribution < 1.29 is 14.3 Å². The summed E-state index contributed by atoms with van der Waals surface area (Å²) in [6.45, 7) is 2.40. The third-order valence-electron chi connectivity index (χ3n) is 3.51. The van der Waals surface area contributed by atoms with E-state index in [4.69, 9.17) is 4.74 Å². The fraction of sp³-hybridized carbons (Fsp3) is 0.263. The number of carbonyl (C=O) groups is 2. The van der Waals surface area contributed by atoms with E-state index >= 15 is 0 Å². The van der Waals surface area contributed by atoms with Gasteiger partial charge in [0.1, 0.15) is 5.75 Å². The fourth-order valence-corrected chi connectivity index (χ4v) is 2.38. The zero-order valence-electron chi connectivity index (χ0n) is 14.7. The quantitative estimate of drug-likeness (QED) is 0.812. The number of amides is 2. The van der Waals surface area contributed by atoms with Gasteiger partial charge in [0.05, 0.1) is 13.7 Å². The first-order valence-electron chi connectivity index (χ1n) is 7.95. The number of carbonyl (C=O) groups excluding carboxylic acids is 2. The first kappa shape index (κ1) is 18.5. The number of likely N-dealkylation sites (N-methyl/N-ethyl adjacent to an activating group) is 1. The number of benzene rings is 2. The van der Waals surface area contributed by atoms with E-state index in [1.165, 1.54) is 6.92 Å². The molecule has 0 radical (unpaired) electrons. The number of methoxy groups -OCH3 is 1. The third kappa shape index (κ3) is 6.27. The molecule has 0 saturated heterocycles. The van der Waals surface area contributed by atoms with Crippen molar-refractivity contribution >= 4 is 23.2 Å². The Labute approximate surface area is 147 Å². The predicted molar refractivity (Wildman–Crippen MR) is 98.7 cm³/mol. The molecule has 6 nitrogen and oxygen atoms in total. The summed E-state index contributed by atoms with van der Waals surface area (Å²) in [6, 6.07) is 14.8. The number of ether oxygens (including phenoxy) is 1. The van der Waals surface area contributed by atoms with Crippen molar-refractivity contribution in [2.45, 2.75) is 13.5 Å². The summed E-state index contributed by atoms with van der Waals surface area (Å²) in [5.74, 6) is 0.590. The van der Waals surface area contributed by atoms with Crippen LogP contribution >= 0.6 is 0 Å². The predicted octanol–water partition coefficient (Wildman–Crippen LogP) is 2.72. The molecular weight excluding hydrogens is 318 g/mol. The second-order valence-corrected chi connectivity index (χ2v) is 5.83. The van der Waals surface area contributed by atoms with Crippen molar-refractivity contribution in [3.8, 4) is 5.75 Å². The van der Waals surface area contributed by atoms with Gasteiger partial charge in [0.2, 0.25) is 11.8 Å². The van der Waals surface area contributed by atoms with E-state index in [1.54, 1.807) is 31.4 Å². The van der Waals surface area contributed by atoms with Crippen LogP contribution in [0.3, 0.4) is 0 Å². The number of nitrogens with zero attached hydrogens (tertiary/aromatic N) is 1. The molecule has 25 heavy (non-hydrogen) atoms. The number of rotatable bonds is 7. The van der Waals surface area contributed by atoms with Gasteiger partial charge in [-0.3, -0.25) is 14.5 Å². The molecule has 0 unspecified atom stereocenters. The molecule has 0 fully saturated rings. The molecule has 6 heteroatoms. The van der Waals surface area contributed by atoms with Gasteiger partial charge in [-0.05, 0) is 49.0 Å². The van der Waals surface area contributed by atoms with Crippen molar-refractivity contribution in [2.75, 3.05) is 31.3 Å². The Bertz CT molecular complexity index is 712. The molecule has 0 spiro atoms. The lowest BCUT2D eigenvalue weighted by Gasteiger charge is -2.16. The van der Waals surface area contributed by atoms with Gasteiger partial charge in [-0.2, -0.15) is 0 Å². The van der Waals surface area contributed by atoms with Gasteiger partial charge < -0.3 is 15.4 Å². The van der Waals surface area contributed by atoms with E-state index in [2.05, 4.69) is 10.6 Å². The molecule has 2 amide bonds. The summed E-state index contributed by atoms with van der Waals surface area (Å²) in [6.07, 6.45) is 0. The van der Waals surface area contributed by atoms with Gasteiger partial charge in [-0.15, -0.1) is 0 Å². The van der Waals surface area contributed by atoms with E-state index in [1.807, 2.05) is 36.2 Å². The van der Waals surface area contributed by atoms with Crippen LogP contribution in [0.5, 0.6) is 5.75 Å². The van der Waals surface area contributed by atoms with Crippen LogP contribution in [0, 0.1) is 0 Å². The number of hydrogen-bond donors (Lipinski definition) is 2.